The molecule has 0 heterocycles. The molecule has 0 amide bonds. The molecule has 3 heteroatoms. The molecule has 1 rings (SSSR count). The maximum atomic E-state index is 12.2. The lowest BCUT2D eigenvalue weighted by atomic mass is 10.0. The van der Waals surface area contributed by atoms with Gasteiger partial charge in [0.2, 0.25) is 0 Å². The van der Waals surface area contributed by atoms with Gasteiger partial charge in [-0.05, 0) is 31.4 Å². The van der Waals surface area contributed by atoms with Gasteiger partial charge in [0, 0.05) is 0 Å². The van der Waals surface area contributed by atoms with Crippen LogP contribution in [0.15, 0.2) is 24.3 Å². The van der Waals surface area contributed by atoms with Gasteiger partial charge in [-0.1, -0.05) is 96.6 Å². The Bertz CT molecular complexity index is 498. The van der Waals surface area contributed by atoms with E-state index in [0.29, 0.717) is 0 Å². The van der Waals surface area contributed by atoms with Crippen molar-refractivity contribution in [3.8, 4) is 5.75 Å². The average Bonchev–Trinajstić information content (AvgIpc) is 2.68. The van der Waals surface area contributed by atoms with Crippen LogP contribution in [-0.2, 0) is 4.74 Å². The van der Waals surface area contributed by atoms with Crippen molar-refractivity contribution in [3.05, 3.63) is 29.8 Å². The van der Waals surface area contributed by atoms with Crippen LogP contribution in [0, 0.1) is 0 Å². The van der Waals surface area contributed by atoms with Gasteiger partial charge in [-0.3, -0.25) is 0 Å². The fourth-order valence-electron chi connectivity index (χ4n) is 3.42. The summed E-state index contributed by atoms with van der Waals surface area (Å²) in [5.74, 6) is -0.429. The number of benzene rings is 1. The van der Waals surface area contributed by atoms with Crippen LogP contribution in [0.3, 0.4) is 0 Å². The number of ether oxygens (including phenoxy) is 1. The molecule has 0 bridgehead atoms. The lowest BCUT2D eigenvalue weighted by molar-refractivity contribution is 0.0264. The number of carbonyl (C=O) groups is 1. The number of unbranched alkanes of at least 4 members (excludes halogenated alkanes) is 11. The van der Waals surface area contributed by atoms with Crippen molar-refractivity contribution >= 4 is 5.97 Å². The molecule has 0 saturated carbocycles. The van der Waals surface area contributed by atoms with Crippen molar-refractivity contribution in [2.24, 2.45) is 0 Å². The number of esters is 1. The molecule has 1 N–H and O–H groups in total. The zero-order chi connectivity index (χ0) is 19.7. The molecule has 0 fully saturated rings. The first kappa shape index (κ1) is 23.5. The average molecular weight is 377 g/mol. The molecule has 1 aromatic carbocycles. The minimum Gasteiger partial charge on any atom is -0.507 e. The van der Waals surface area contributed by atoms with Crippen molar-refractivity contribution in [3.63, 3.8) is 0 Å². The Hall–Kier alpha value is -1.51. The van der Waals surface area contributed by atoms with Gasteiger partial charge < -0.3 is 9.84 Å². The minimum absolute atomic E-state index is 0.0114. The van der Waals surface area contributed by atoms with Crippen molar-refractivity contribution in [2.75, 3.05) is 0 Å². The van der Waals surface area contributed by atoms with E-state index in [2.05, 4.69) is 6.92 Å². The van der Waals surface area contributed by atoms with Crippen LogP contribution in [0.1, 0.15) is 114 Å². The summed E-state index contributed by atoms with van der Waals surface area (Å²) in [6, 6.07) is 6.56. The highest BCUT2D eigenvalue weighted by atomic mass is 16.5. The summed E-state index contributed by atoms with van der Waals surface area (Å²) in [6.07, 6.45) is 17.6. The Morgan fingerprint density at radius 3 is 1.89 bits per heavy atom. The Morgan fingerprint density at radius 1 is 0.852 bits per heavy atom. The van der Waals surface area contributed by atoms with Gasteiger partial charge in [0.1, 0.15) is 17.4 Å². The maximum absolute atomic E-state index is 12.2. The number of phenolic OH excluding ortho intramolecular Hbond substituents is 1. The van der Waals surface area contributed by atoms with E-state index in [9.17, 15) is 9.90 Å². The Balaban J connectivity index is 2.04. The zero-order valence-electron chi connectivity index (χ0n) is 17.5. The summed E-state index contributed by atoms with van der Waals surface area (Å²) < 4.78 is 5.57. The van der Waals surface area contributed by atoms with E-state index in [-0.39, 0.29) is 17.4 Å². The quantitative estimate of drug-likeness (QED) is 0.241. The molecule has 0 radical (unpaired) electrons. The second kappa shape index (κ2) is 15.5. The first-order valence-corrected chi connectivity index (χ1v) is 11.2. The molecule has 1 aromatic rings. The molecular weight excluding hydrogens is 336 g/mol. The van der Waals surface area contributed by atoms with Crippen LogP contribution < -0.4 is 0 Å². The normalized spacial score (nSPS) is 12.1. The zero-order valence-corrected chi connectivity index (χ0v) is 17.5. The summed E-state index contributed by atoms with van der Waals surface area (Å²) in [7, 11) is 0. The number of hydrogen-bond acceptors (Lipinski definition) is 3. The van der Waals surface area contributed by atoms with Gasteiger partial charge in [-0.15, -0.1) is 0 Å². The first-order valence-electron chi connectivity index (χ1n) is 11.2. The SMILES string of the molecule is CCCCCCCCCCCCCCC(CC)OC(=O)c1ccccc1O. The van der Waals surface area contributed by atoms with Gasteiger partial charge in [0.25, 0.3) is 0 Å². The van der Waals surface area contributed by atoms with Gasteiger partial charge in [-0.25, -0.2) is 4.79 Å². The maximum Gasteiger partial charge on any atom is 0.342 e. The number of aromatic hydroxyl groups is 1. The molecule has 154 valence electrons. The van der Waals surface area contributed by atoms with E-state index in [1.807, 2.05) is 6.92 Å². The molecule has 0 saturated heterocycles. The van der Waals surface area contributed by atoms with E-state index < -0.39 is 5.97 Å². The smallest absolute Gasteiger partial charge is 0.342 e. The topological polar surface area (TPSA) is 46.5 Å². The molecular formula is C24H40O3. The second-order valence-corrected chi connectivity index (χ2v) is 7.63. The highest BCUT2D eigenvalue weighted by Gasteiger charge is 2.16. The van der Waals surface area contributed by atoms with Crippen LogP contribution in [0.5, 0.6) is 5.75 Å². The van der Waals surface area contributed by atoms with Gasteiger partial charge in [0.05, 0.1) is 0 Å². The minimum atomic E-state index is -0.418. The third kappa shape index (κ3) is 11.0. The van der Waals surface area contributed by atoms with E-state index in [4.69, 9.17) is 4.74 Å². The van der Waals surface area contributed by atoms with Crippen LogP contribution >= 0.6 is 0 Å². The highest BCUT2D eigenvalue weighted by molar-refractivity contribution is 5.92. The molecule has 0 aliphatic carbocycles. The number of rotatable bonds is 16. The fourth-order valence-corrected chi connectivity index (χ4v) is 3.42. The Labute approximate surface area is 166 Å². The largest absolute Gasteiger partial charge is 0.507 e. The van der Waals surface area contributed by atoms with Crippen LogP contribution in [0.25, 0.3) is 0 Å². The number of hydrogen-bond donors (Lipinski definition) is 1. The van der Waals surface area contributed by atoms with E-state index in [0.717, 1.165) is 19.3 Å². The Morgan fingerprint density at radius 2 is 1.37 bits per heavy atom. The van der Waals surface area contributed by atoms with Crippen molar-refractivity contribution in [2.45, 2.75) is 110 Å². The monoisotopic (exact) mass is 376 g/mol. The van der Waals surface area contributed by atoms with Crippen LogP contribution in [-0.4, -0.2) is 17.2 Å². The van der Waals surface area contributed by atoms with Gasteiger partial charge in [-0.2, -0.15) is 0 Å². The Kier molecular flexibility index (Phi) is 13.5. The molecule has 0 aliphatic heterocycles. The van der Waals surface area contributed by atoms with Crippen LogP contribution in [0.2, 0.25) is 0 Å². The number of carbonyl (C=O) groups excluding carboxylic acids is 1. The lowest BCUT2D eigenvalue weighted by Crippen LogP contribution is -2.17. The first-order chi connectivity index (χ1) is 13.2. The summed E-state index contributed by atoms with van der Waals surface area (Å²) in [5.41, 5.74) is 0.255. The third-order valence-corrected chi connectivity index (χ3v) is 5.23. The van der Waals surface area contributed by atoms with E-state index in [1.54, 1.807) is 18.2 Å². The summed E-state index contributed by atoms with van der Waals surface area (Å²) in [4.78, 5) is 12.2. The molecule has 0 aromatic heterocycles. The van der Waals surface area contributed by atoms with Crippen molar-refractivity contribution < 1.29 is 14.6 Å². The molecule has 27 heavy (non-hydrogen) atoms. The highest BCUT2D eigenvalue weighted by Crippen LogP contribution is 2.20. The van der Waals surface area contributed by atoms with Crippen molar-refractivity contribution in [1.82, 2.24) is 0 Å². The molecule has 1 atom stereocenters. The molecule has 0 spiro atoms. The van der Waals surface area contributed by atoms with E-state index >= 15 is 0 Å². The summed E-state index contributed by atoms with van der Waals surface area (Å²) in [6.45, 7) is 4.31. The molecule has 0 aliphatic rings. The van der Waals surface area contributed by atoms with Crippen molar-refractivity contribution in [1.29, 1.82) is 0 Å². The van der Waals surface area contributed by atoms with Crippen LogP contribution in [0.4, 0.5) is 0 Å². The third-order valence-electron chi connectivity index (χ3n) is 5.23. The van der Waals surface area contributed by atoms with Gasteiger partial charge in [0.15, 0.2) is 0 Å². The predicted octanol–water partition coefficient (Wildman–Crippen LogP) is 7.42. The predicted molar refractivity (Wildman–Crippen MR) is 113 cm³/mol. The lowest BCUT2D eigenvalue weighted by Gasteiger charge is -2.16. The number of para-hydroxylation sites is 1. The standard InChI is InChI=1S/C24H40O3/c1-3-5-6-7-8-9-10-11-12-13-14-15-18-21(4-2)27-24(26)22-19-16-17-20-23(22)25/h16-17,19-21,25H,3-15,18H2,1-2H3. The summed E-state index contributed by atoms with van der Waals surface area (Å²) >= 11 is 0. The molecule has 3 nitrogen and oxygen atoms in total. The number of phenols is 1. The van der Waals surface area contributed by atoms with E-state index in [1.165, 1.54) is 76.7 Å². The fraction of sp³-hybridized carbons (Fsp3) is 0.708. The van der Waals surface area contributed by atoms with Gasteiger partial charge >= 0.3 is 5.97 Å². The molecule has 1 unspecified atom stereocenters. The second-order valence-electron chi connectivity index (χ2n) is 7.63. The summed E-state index contributed by atoms with van der Waals surface area (Å²) in [5, 5.41) is 9.75.